The largest absolute Gasteiger partial charge is 0.312 e. The zero-order chi connectivity index (χ0) is 14.6. The maximum atomic E-state index is 6.18. The van der Waals surface area contributed by atoms with Crippen LogP contribution in [0.5, 0.6) is 0 Å². The summed E-state index contributed by atoms with van der Waals surface area (Å²) in [4.78, 5) is 0. The van der Waals surface area contributed by atoms with Gasteiger partial charge in [-0.2, -0.15) is 0 Å². The highest BCUT2D eigenvalue weighted by Crippen LogP contribution is 2.31. The zero-order valence-electron chi connectivity index (χ0n) is 11.9. The van der Waals surface area contributed by atoms with Gasteiger partial charge in [0.05, 0.1) is 10.0 Å². The minimum atomic E-state index is 0.548. The van der Waals surface area contributed by atoms with E-state index in [1.807, 2.05) is 0 Å². The van der Waals surface area contributed by atoms with Crippen LogP contribution in [-0.2, 0) is 6.54 Å². The van der Waals surface area contributed by atoms with Gasteiger partial charge in [0.2, 0.25) is 0 Å². The van der Waals surface area contributed by atoms with Gasteiger partial charge in [0, 0.05) is 17.1 Å². The fourth-order valence-corrected chi connectivity index (χ4v) is 3.02. The Morgan fingerprint density at radius 2 is 1.47 bits per heavy atom. The first-order valence-corrected chi connectivity index (χ1v) is 7.81. The van der Waals surface area contributed by atoms with Crippen LogP contribution in [0.15, 0.2) is 12.1 Å². The molecular formula is C15H22Cl3N. The van der Waals surface area contributed by atoms with Crippen LogP contribution >= 0.6 is 34.8 Å². The normalized spacial score (nSPS) is 11.9. The van der Waals surface area contributed by atoms with E-state index in [0.29, 0.717) is 39.4 Å². The summed E-state index contributed by atoms with van der Waals surface area (Å²) in [5.74, 6) is 1.94. The lowest BCUT2D eigenvalue weighted by atomic mass is 9.85. The van der Waals surface area contributed by atoms with Crippen molar-refractivity contribution in [3.8, 4) is 0 Å². The fourth-order valence-electron chi connectivity index (χ4n) is 2.34. The first-order chi connectivity index (χ1) is 8.84. The molecule has 1 rings (SSSR count). The van der Waals surface area contributed by atoms with Gasteiger partial charge in [-0.3, -0.25) is 0 Å². The van der Waals surface area contributed by atoms with Crippen molar-refractivity contribution in [3.05, 3.63) is 32.8 Å². The predicted octanol–water partition coefficient (Wildman–Crippen LogP) is 5.66. The summed E-state index contributed by atoms with van der Waals surface area (Å²) in [5.41, 5.74) is 0.877. The Labute approximate surface area is 131 Å². The molecule has 0 aliphatic carbocycles. The molecule has 0 aromatic heterocycles. The van der Waals surface area contributed by atoms with E-state index in [0.717, 1.165) is 12.1 Å². The molecule has 0 heterocycles. The lowest BCUT2D eigenvalue weighted by Crippen LogP contribution is -2.29. The number of nitrogens with one attached hydrogen (secondary N) is 1. The summed E-state index contributed by atoms with van der Waals surface area (Å²) in [6, 6.07) is 3.51. The highest BCUT2D eigenvalue weighted by Gasteiger charge is 2.17. The topological polar surface area (TPSA) is 12.0 Å². The molecular weight excluding hydrogens is 301 g/mol. The lowest BCUT2D eigenvalue weighted by Gasteiger charge is -2.25. The van der Waals surface area contributed by atoms with E-state index in [-0.39, 0.29) is 0 Å². The summed E-state index contributed by atoms with van der Waals surface area (Å²) in [7, 11) is 0. The molecule has 0 spiro atoms. The molecule has 4 heteroatoms. The average Bonchev–Trinajstić information content (AvgIpc) is 2.32. The summed E-state index contributed by atoms with van der Waals surface area (Å²) >= 11 is 18.4. The molecule has 19 heavy (non-hydrogen) atoms. The third-order valence-corrected chi connectivity index (χ3v) is 4.73. The van der Waals surface area contributed by atoms with Crippen molar-refractivity contribution in [2.45, 2.75) is 34.2 Å². The number of hydrogen-bond acceptors (Lipinski definition) is 1. The number of halogens is 3. The van der Waals surface area contributed by atoms with Crippen LogP contribution in [0.25, 0.3) is 0 Å². The fraction of sp³-hybridized carbons (Fsp3) is 0.600. The third kappa shape index (κ3) is 4.82. The second-order valence-corrected chi connectivity index (χ2v) is 6.80. The maximum absolute atomic E-state index is 6.18. The van der Waals surface area contributed by atoms with Gasteiger partial charge in [-0.05, 0) is 36.4 Å². The van der Waals surface area contributed by atoms with Gasteiger partial charge in [0.15, 0.2) is 0 Å². The number of benzene rings is 1. The van der Waals surface area contributed by atoms with Crippen molar-refractivity contribution >= 4 is 34.8 Å². The Hall–Kier alpha value is 0.0500. The summed E-state index contributed by atoms with van der Waals surface area (Å²) in [5, 5.41) is 5.20. The van der Waals surface area contributed by atoms with Gasteiger partial charge < -0.3 is 5.32 Å². The van der Waals surface area contributed by atoms with Gasteiger partial charge in [-0.15, -0.1) is 0 Å². The van der Waals surface area contributed by atoms with E-state index in [9.17, 15) is 0 Å². The molecule has 0 bridgehead atoms. The Balaban J connectivity index is 2.65. The molecule has 0 amide bonds. The molecule has 0 radical (unpaired) electrons. The third-order valence-electron chi connectivity index (χ3n) is 3.53. The molecule has 0 saturated carbocycles. The number of hydrogen-bond donors (Lipinski definition) is 1. The van der Waals surface area contributed by atoms with Crippen molar-refractivity contribution < 1.29 is 0 Å². The molecule has 108 valence electrons. The van der Waals surface area contributed by atoms with Crippen molar-refractivity contribution in [2.75, 3.05) is 6.54 Å². The van der Waals surface area contributed by atoms with Gasteiger partial charge in [0.25, 0.3) is 0 Å². The number of rotatable bonds is 6. The predicted molar refractivity (Wildman–Crippen MR) is 86.3 cm³/mol. The first kappa shape index (κ1) is 17.1. The first-order valence-electron chi connectivity index (χ1n) is 6.67. The quantitative estimate of drug-likeness (QED) is 0.666. The molecule has 0 saturated heterocycles. The Morgan fingerprint density at radius 1 is 0.947 bits per heavy atom. The van der Waals surface area contributed by atoms with Crippen LogP contribution in [0, 0.1) is 17.8 Å². The van der Waals surface area contributed by atoms with Crippen LogP contribution in [-0.4, -0.2) is 6.54 Å². The minimum Gasteiger partial charge on any atom is -0.312 e. The van der Waals surface area contributed by atoms with Crippen LogP contribution in [0.1, 0.15) is 33.3 Å². The molecule has 0 atom stereocenters. The van der Waals surface area contributed by atoms with E-state index in [4.69, 9.17) is 34.8 Å². The van der Waals surface area contributed by atoms with Crippen LogP contribution in [0.2, 0.25) is 15.1 Å². The van der Waals surface area contributed by atoms with Crippen molar-refractivity contribution in [3.63, 3.8) is 0 Å². The van der Waals surface area contributed by atoms with E-state index in [1.165, 1.54) is 0 Å². The average molecular weight is 323 g/mol. The highest BCUT2D eigenvalue weighted by molar-refractivity contribution is 6.44. The zero-order valence-corrected chi connectivity index (χ0v) is 14.2. The second kappa shape index (κ2) is 7.73. The SMILES string of the molecule is CC(C)C(CNCc1c(Cl)ccc(Cl)c1Cl)C(C)C. The molecule has 1 N–H and O–H groups in total. The van der Waals surface area contributed by atoms with E-state index >= 15 is 0 Å². The Kier molecular flexibility index (Phi) is 6.96. The van der Waals surface area contributed by atoms with E-state index < -0.39 is 0 Å². The molecule has 0 unspecified atom stereocenters. The van der Waals surface area contributed by atoms with E-state index in [2.05, 4.69) is 33.0 Å². The molecule has 1 nitrogen and oxygen atoms in total. The summed E-state index contributed by atoms with van der Waals surface area (Å²) < 4.78 is 0. The summed E-state index contributed by atoms with van der Waals surface area (Å²) in [6.45, 7) is 10.6. The highest BCUT2D eigenvalue weighted by atomic mass is 35.5. The second-order valence-electron chi connectivity index (χ2n) is 5.60. The smallest absolute Gasteiger partial charge is 0.0652 e. The molecule has 1 aromatic rings. The molecule has 0 aliphatic heterocycles. The standard InChI is InChI=1S/C15H22Cl3N/c1-9(2)11(10(3)4)7-19-8-12-13(16)5-6-14(17)15(12)18/h5-6,9-11,19H,7-8H2,1-4H3. The molecule has 1 aromatic carbocycles. The van der Waals surface area contributed by atoms with Crippen LogP contribution < -0.4 is 5.32 Å². The van der Waals surface area contributed by atoms with Gasteiger partial charge in [-0.1, -0.05) is 62.5 Å². The van der Waals surface area contributed by atoms with E-state index in [1.54, 1.807) is 12.1 Å². The monoisotopic (exact) mass is 321 g/mol. The minimum absolute atomic E-state index is 0.548. The van der Waals surface area contributed by atoms with Crippen molar-refractivity contribution in [1.82, 2.24) is 5.32 Å². The van der Waals surface area contributed by atoms with Crippen molar-refractivity contribution in [2.24, 2.45) is 17.8 Å². The van der Waals surface area contributed by atoms with Crippen molar-refractivity contribution in [1.29, 1.82) is 0 Å². The Bertz CT molecular complexity index is 408. The van der Waals surface area contributed by atoms with Gasteiger partial charge >= 0.3 is 0 Å². The summed E-state index contributed by atoms with van der Waals surface area (Å²) in [6.07, 6.45) is 0. The maximum Gasteiger partial charge on any atom is 0.0652 e. The lowest BCUT2D eigenvalue weighted by molar-refractivity contribution is 0.275. The van der Waals surface area contributed by atoms with Gasteiger partial charge in [-0.25, -0.2) is 0 Å². The van der Waals surface area contributed by atoms with Crippen LogP contribution in [0.3, 0.4) is 0 Å². The molecule has 0 aliphatic rings. The van der Waals surface area contributed by atoms with Gasteiger partial charge in [0.1, 0.15) is 0 Å². The molecule has 0 fully saturated rings. The Morgan fingerprint density at radius 3 is 2.00 bits per heavy atom. The van der Waals surface area contributed by atoms with Crippen LogP contribution in [0.4, 0.5) is 0 Å².